The SMILES string of the molecule is [3H]C(=O)C(=O)O. The third-order valence-corrected chi connectivity index (χ3v) is 0.0873. The Kier molecular flexibility index (Phi) is 0.695. The van der Waals surface area contributed by atoms with Crippen LogP contribution in [0.4, 0.5) is 0 Å². The molecule has 0 aromatic rings. The molecular weight excluding hydrogens is 72.0 g/mol. The zero-order valence-electron chi connectivity index (χ0n) is 3.26. The van der Waals surface area contributed by atoms with Crippen molar-refractivity contribution in [2.75, 3.05) is 0 Å². The van der Waals surface area contributed by atoms with Crippen molar-refractivity contribution < 1.29 is 16.1 Å². The first-order valence-corrected chi connectivity index (χ1v) is 0.882. The normalized spacial score (nSPS) is 9.20. The summed E-state index contributed by atoms with van der Waals surface area (Å²) in [4.78, 5) is 18.4. The molecule has 3 nitrogen and oxygen atoms in total. The highest BCUT2D eigenvalue weighted by Crippen LogP contribution is 1.39. The van der Waals surface area contributed by atoms with Crippen molar-refractivity contribution in [2.24, 2.45) is 0 Å². The highest BCUT2D eigenvalue weighted by molar-refractivity contribution is 6.19. The van der Waals surface area contributed by atoms with Crippen LogP contribution < -0.4 is 0 Å². The molecule has 28 valence electrons. The predicted molar refractivity (Wildman–Crippen MR) is 13.7 cm³/mol. The molecule has 0 saturated heterocycles. The molecule has 1 N–H and O–H groups in total. The molecule has 0 aliphatic heterocycles. The second-order valence-electron chi connectivity index (χ2n) is 0.407. The van der Waals surface area contributed by atoms with E-state index in [1.165, 1.54) is 0 Å². The summed E-state index contributed by atoms with van der Waals surface area (Å²) in [5, 5.41) is 7.45. The summed E-state index contributed by atoms with van der Waals surface area (Å²) in [7, 11) is 0. The molecule has 0 spiro atoms. The Morgan fingerprint density at radius 3 is 2.40 bits per heavy atom. The molecule has 0 unspecified atom stereocenters. The number of rotatable bonds is 1. The smallest absolute Gasteiger partial charge is 0.368 e. The summed E-state index contributed by atoms with van der Waals surface area (Å²) in [5.41, 5.74) is 0. The molecule has 0 atom stereocenters. The van der Waals surface area contributed by atoms with Crippen LogP contribution in [-0.4, -0.2) is 17.3 Å². The van der Waals surface area contributed by atoms with Gasteiger partial charge in [-0.05, 0) is 0 Å². The molecule has 0 aliphatic carbocycles. The maximum absolute atomic E-state index is 9.21. The number of carbonyl (C=O) groups excluding carboxylic acids is 1. The summed E-state index contributed by atoms with van der Waals surface area (Å²) < 4.78 is 5.79. The van der Waals surface area contributed by atoms with E-state index in [0.29, 0.717) is 0 Å². The monoisotopic (exact) mass is 76.0 g/mol. The van der Waals surface area contributed by atoms with Gasteiger partial charge in [0.1, 0.15) is 1.37 Å². The molecule has 0 aliphatic rings. The molecule has 0 saturated carbocycles. The van der Waals surface area contributed by atoms with Gasteiger partial charge in [-0.2, -0.15) is 0 Å². The summed E-state index contributed by atoms with van der Waals surface area (Å²) in [6.45, 7) is 0. The topological polar surface area (TPSA) is 54.4 Å². The van der Waals surface area contributed by atoms with Gasteiger partial charge < -0.3 is 5.11 Å². The maximum Gasteiger partial charge on any atom is 0.368 e. The maximum atomic E-state index is 9.21. The number of carboxylic acids is 1. The minimum atomic E-state index is -1.71. The fourth-order valence-corrected chi connectivity index (χ4v) is 0. The van der Waals surface area contributed by atoms with E-state index in [9.17, 15) is 4.79 Å². The lowest BCUT2D eigenvalue weighted by Gasteiger charge is -1.59. The molecule has 5 heavy (non-hydrogen) atoms. The van der Waals surface area contributed by atoms with Crippen LogP contribution in [0.5, 0.6) is 0 Å². The molecular formula is C2H2O3. The van der Waals surface area contributed by atoms with E-state index in [1.54, 1.807) is 0 Å². The second kappa shape index (κ2) is 1.46. The van der Waals surface area contributed by atoms with E-state index < -0.39 is 12.2 Å². The van der Waals surface area contributed by atoms with Crippen molar-refractivity contribution in [3.05, 3.63) is 0 Å². The fourth-order valence-electron chi connectivity index (χ4n) is 0. The van der Waals surface area contributed by atoms with Gasteiger partial charge in [0.2, 0.25) is 6.26 Å². The minimum absolute atomic E-state index is 1.57. The zero-order valence-corrected chi connectivity index (χ0v) is 2.26. The molecule has 0 aromatic heterocycles. The number of carbonyl (C=O) groups is 2. The Bertz CT molecular complexity index is 74.8. The van der Waals surface area contributed by atoms with Gasteiger partial charge in [0.15, 0.2) is 0 Å². The van der Waals surface area contributed by atoms with Crippen molar-refractivity contribution in [3.63, 3.8) is 0 Å². The van der Waals surface area contributed by atoms with Crippen LogP contribution in [0.2, 0.25) is 0 Å². The molecule has 0 radical (unpaired) electrons. The number of hydrogen-bond donors (Lipinski definition) is 1. The quantitative estimate of drug-likeness (QED) is 0.331. The Labute approximate surface area is 29.6 Å². The molecule has 0 rings (SSSR count). The van der Waals surface area contributed by atoms with Crippen LogP contribution in [0.15, 0.2) is 0 Å². The Balaban J connectivity index is 3.57. The standard InChI is InChI=1S/C2H2O3/c3-1-2(4)5/h1H,(H,4,5)/i1T. The van der Waals surface area contributed by atoms with Gasteiger partial charge in [-0.25, -0.2) is 4.79 Å². The minimum Gasteiger partial charge on any atom is -0.476 e. The average Bonchev–Trinajstić information content (AvgIpc) is 1.36. The fraction of sp³-hybridized carbons (Fsp3) is 0. The first-order valence-electron chi connectivity index (χ1n) is 1.38. The van der Waals surface area contributed by atoms with Crippen LogP contribution in [-0.2, 0) is 9.59 Å². The molecule has 0 amide bonds. The number of hydrogen-bond acceptors (Lipinski definition) is 2. The zero-order chi connectivity index (χ0) is 5.15. The van der Waals surface area contributed by atoms with E-state index in [0.717, 1.165) is 0 Å². The molecule has 3 heteroatoms. The summed E-state index contributed by atoms with van der Waals surface area (Å²) >= 11 is 0. The predicted octanol–water partition coefficient (Wildman–Crippen LogP) is -0.730. The first-order chi connectivity index (χ1) is 2.64. The van der Waals surface area contributed by atoms with E-state index >= 15 is 0 Å². The van der Waals surface area contributed by atoms with Crippen molar-refractivity contribution >= 4 is 12.2 Å². The third kappa shape index (κ3) is 3.14. The number of aldehydes is 1. The molecule has 0 bridgehead atoms. The van der Waals surface area contributed by atoms with Gasteiger partial charge in [0.05, 0.1) is 0 Å². The number of carboxylic acid groups (broad SMARTS) is 1. The highest BCUT2D eigenvalue weighted by Gasteiger charge is 1.80. The van der Waals surface area contributed by atoms with Gasteiger partial charge >= 0.3 is 5.97 Å². The van der Waals surface area contributed by atoms with Crippen molar-refractivity contribution in [1.29, 1.82) is 0 Å². The summed E-state index contributed by atoms with van der Waals surface area (Å²) in [5.74, 6) is -1.71. The van der Waals surface area contributed by atoms with Crippen LogP contribution in [0.1, 0.15) is 1.37 Å². The van der Waals surface area contributed by atoms with Gasteiger partial charge in [0.25, 0.3) is 0 Å². The Morgan fingerprint density at radius 1 is 2.20 bits per heavy atom. The van der Waals surface area contributed by atoms with Gasteiger partial charge in [-0.15, -0.1) is 0 Å². The van der Waals surface area contributed by atoms with Crippen LogP contribution >= 0.6 is 0 Å². The van der Waals surface area contributed by atoms with Crippen LogP contribution in [0.25, 0.3) is 0 Å². The summed E-state index contributed by atoms with van der Waals surface area (Å²) in [6, 6.07) is 0. The molecule has 0 fully saturated rings. The third-order valence-electron chi connectivity index (χ3n) is 0.0873. The molecule has 0 aromatic carbocycles. The van der Waals surface area contributed by atoms with Crippen LogP contribution in [0, 0.1) is 0 Å². The lowest BCUT2D eigenvalue weighted by Crippen LogP contribution is -1.91. The highest BCUT2D eigenvalue weighted by atomic mass is 16.4. The van der Waals surface area contributed by atoms with Crippen LogP contribution in [0.3, 0.4) is 0 Å². The average molecular weight is 76.0 g/mol. The van der Waals surface area contributed by atoms with Crippen molar-refractivity contribution in [2.45, 2.75) is 0 Å². The Morgan fingerprint density at radius 2 is 2.40 bits per heavy atom. The van der Waals surface area contributed by atoms with Crippen molar-refractivity contribution in [3.8, 4) is 0 Å². The lowest BCUT2D eigenvalue weighted by atomic mass is 10.8. The molecule has 0 heterocycles. The van der Waals surface area contributed by atoms with E-state index in [2.05, 4.69) is 0 Å². The van der Waals surface area contributed by atoms with E-state index in [4.69, 9.17) is 11.3 Å². The first kappa shape index (κ1) is 2.38. The van der Waals surface area contributed by atoms with Gasteiger partial charge in [0, 0.05) is 0 Å². The van der Waals surface area contributed by atoms with E-state index in [1.807, 2.05) is 0 Å². The van der Waals surface area contributed by atoms with Gasteiger partial charge in [-0.3, -0.25) is 4.79 Å². The Hall–Kier alpha value is -0.860. The van der Waals surface area contributed by atoms with Crippen molar-refractivity contribution in [1.82, 2.24) is 0 Å². The largest absolute Gasteiger partial charge is 0.476 e. The lowest BCUT2D eigenvalue weighted by molar-refractivity contribution is -0.143. The second-order valence-corrected chi connectivity index (χ2v) is 0.407. The van der Waals surface area contributed by atoms with E-state index in [-0.39, 0.29) is 0 Å². The summed E-state index contributed by atoms with van der Waals surface area (Å²) in [6.07, 6.45) is -1.57. The number of aliphatic carboxylic acids is 1. The van der Waals surface area contributed by atoms with Gasteiger partial charge in [-0.1, -0.05) is 0 Å².